The number of carbonyl (C=O) groups is 1. The number of hydrogen-bond acceptors (Lipinski definition) is 7. The number of ether oxygens (including phenoxy) is 2. The number of unbranched alkanes of at least 4 members (excludes halogenated alkanes) is 1. The van der Waals surface area contributed by atoms with E-state index in [2.05, 4.69) is 11.1 Å². The number of amides is 1. The van der Waals surface area contributed by atoms with Crippen molar-refractivity contribution < 1.29 is 14.3 Å². The molecule has 0 aliphatic carbocycles. The molecule has 0 aliphatic rings. The molecular formula is C20H20N4O4S. The van der Waals surface area contributed by atoms with Crippen LogP contribution in [0.3, 0.4) is 0 Å². The Morgan fingerprint density at radius 2 is 2.03 bits per heavy atom. The highest BCUT2D eigenvalue weighted by molar-refractivity contribution is 7.20. The summed E-state index contributed by atoms with van der Waals surface area (Å²) in [5, 5.41) is 9.25. The third-order valence-corrected chi connectivity index (χ3v) is 5.79. The molecule has 150 valence electrons. The predicted octanol–water partition coefficient (Wildman–Crippen LogP) is 2.85. The van der Waals surface area contributed by atoms with Crippen molar-refractivity contribution in [2.45, 2.75) is 26.3 Å². The van der Waals surface area contributed by atoms with Gasteiger partial charge in [0, 0.05) is 18.5 Å². The number of nitrogens with two attached hydrogens (primary N) is 1. The summed E-state index contributed by atoms with van der Waals surface area (Å²) >= 11 is 1.10. The number of benzene rings is 1. The molecule has 29 heavy (non-hydrogen) atoms. The van der Waals surface area contributed by atoms with Crippen molar-refractivity contribution in [3.05, 3.63) is 39.0 Å². The van der Waals surface area contributed by atoms with E-state index in [0.717, 1.165) is 11.3 Å². The first-order chi connectivity index (χ1) is 13.9. The molecule has 2 aromatic heterocycles. The van der Waals surface area contributed by atoms with Gasteiger partial charge in [0.1, 0.15) is 10.7 Å². The van der Waals surface area contributed by atoms with Gasteiger partial charge in [-0.3, -0.25) is 14.2 Å². The summed E-state index contributed by atoms with van der Waals surface area (Å²) in [6.07, 6.45) is 0.806. The molecule has 3 rings (SSSR count). The fraction of sp³-hybridized carbons (Fsp3) is 0.300. The normalized spacial score (nSPS) is 10.7. The second kappa shape index (κ2) is 8.32. The smallest absolute Gasteiger partial charge is 0.262 e. The number of nitriles is 1. The predicted molar refractivity (Wildman–Crippen MR) is 111 cm³/mol. The first kappa shape index (κ1) is 20.4. The van der Waals surface area contributed by atoms with Crippen LogP contribution in [0, 0.1) is 18.3 Å². The van der Waals surface area contributed by atoms with Gasteiger partial charge in [0.2, 0.25) is 0 Å². The SMILES string of the molecule is COc1ccc(-c2nc3sc(C(N)=O)c(C)c3c(=O)n2CCCC#N)cc1OC. The molecule has 0 spiro atoms. The number of rotatable bonds is 7. The van der Waals surface area contributed by atoms with Crippen LogP contribution in [0.5, 0.6) is 11.5 Å². The molecule has 1 amide bonds. The molecule has 0 aliphatic heterocycles. The van der Waals surface area contributed by atoms with Crippen molar-refractivity contribution >= 4 is 27.5 Å². The van der Waals surface area contributed by atoms with E-state index in [4.69, 9.17) is 20.5 Å². The third-order valence-electron chi connectivity index (χ3n) is 4.59. The lowest BCUT2D eigenvalue weighted by atomic mass is 10.1. The fourth-order valence-electron chi connectivity index (χ4n) is 3.17. The molecular weight excluding hydrogens is 392 g/mol. The Hall–Kier alpha value is -3.38. The van der Waals surface area contributed by atoms with Gasteiger partial charge in [-0.15, -0.1) is 11.3 Å². The maximum atomic E-state index is 13.3. The molecule has 0 unspecified atom stereocenters. The first-order valence-corrected chi connectivity index (χ1v) is 9.67. The molecule has 0 saturated carbocycles. The minimum Gasteiger partial charge on any atom is -0.493 e. The summed E-state index contributed by atoms with van der Waals surface area (Å²) < 4.78 is 12.2. The number of nitrogens with zero attached hydrogens (tertiary/aromatic N) is 3. The first-order valence-electron chi connectivity index (χ1n) is 8.86. The summed E-state index contributed by atoms with van der Waals surface area (Å²) in [6.45, 7) is 2.01. The number of aromatic nitrogens is 2. The zero-order chi connectivity index (χ0) is 21.1. The van der Waals surface area contributed by atoms with Crippen LogP contribution in [0.25, 0.3) is 21.6 Å². The number of primary amides is 1. The highest BCUT2D eigenvalue weighted by Crippen LogP contribution is 2.33. The molecule has 2 heterocycles. The number of carbonyl (C=O) groups excluding carboxylic acids is 1. The highest BCUT2D eigenvalue weighted by Gasteiger charge is 2.21. The molecule has 0 radical (unpaired) electrons. The second-order valence-corrected chi connectivity index (χ2v) is 7.32. The van der Waals surface area contributed by atoms with Gasteiger partial charge in [-0.2, -0.15) is 5.26 Å². The molecule has 0 atom stereocenters. The lowest BCUT2D eigenvalue weighted by Gasteiger charge is -2.14. The molecule has 0 bridgehead atoms. The monoisotopic (exact) mass is 412 g/mol. The zero-order valence-corrected chi connectivity index (χ0v) is 17.1. The molecule has 8 nitrogen and oxygen atoms in total. The summed E-state index contributed by atoms with van der Waals surface area (Å²) in [5.41, 5.74) is 6.38. The zero-order valence-electron chi connectivity index (χ0n) is 16.3. The van der Waals surface area contributed by atoms with E-state index in [1.165, 1.54) is 11.7 Å². The lowest BCUT2D eigenvalue weighted by molar-refractivity contribution is 0.100. The van der Waals surface area contributed by atoms with Crippen molar-refractivity contribution in [3.8, 4) is 29.0 Å². The van der Waals surface area contributed by atoms with Crippen LogP contribution in [0.15, 0.2) is 23.0 Å². The van der Waals surface area contributed by atoms with Gasteiger partial charge in [0.15, 0.2) is 11.5 Å². The van der Waals surface area contributed by atoms with Gasteiger partial charge in [-0.25, -0.2) is 4.98 Å². The van der Waals surface area contributed by atoms with Gasteiger partial charge in [0.25, 0.3) is 11.5 Å². The van der Waals surface area contributed by atoms with Crippen LogP contribution in [0.2, 0.25) is 0 Å². The molecule has 0 fully saturated rings. The van der Waals surface area contributed by atoms with Crippen LogP contribution < -0.4 is 20.8 Å². The van der Waals surface area contributed by atoms with E-state index in [1.54, 1.807) is 32.2 Å². The Morgan fingerprint density at radius 3 is 2.66 bits per heavy atom. The van der Waals surface area contributed by atoms with Crippen molar-refractivity contribution in [2.24, 2.45) is 5.73 Å². The van der Waals surface area contributed by atoms with Crippen molar-refractivity contribution in [2.75, 3.05) is 14.2 Å². The third kappa shape index (κ3) is 3.67. The van der Waals surface area contributed by atoms with Crippen LogP contribution in [-0.4, -0.2) is 29.7 Å². The van der Waals surface area contributed by atoms with E-state index in [1.807, 2.05) is 0 Å². The number of aryl methyl sites for hydroxylation is 1. The largest absolute Gasteiger partial charge is 0.493 e. The maximum Gasteiger partial charge on any atom is 0.262 e. The lowest BCUT2D eigenvalue weighted by Crippen LogP contribution is -2.23. The molecule has 1 aromatic carbocycles. The van der Waals surface area contributed by atoms with Crippen LogP contribution in [0.4, 0.5) is 0 Å². The van der Waals surface area contributed by atoms with Crippen molar-refractivity contribution in [3.63, 3.8) is 0 Å². The standard InChI is InChI=1S/C20H20N4O4S/c1-11-15-19(29-16(11)17(22)25)23-18(24(20(15)26)9-5-4-8-21)12-6-7-13(27-2)14(10-12)28-3/h6-7,10H,4-5,9H2,1-3H3,(H2,22,25). The molecule has 0 saturated heterocycles. The van der Waals surface area contributed by atoms with Gasteiger partial charge < -0.3 is 15.2 Å². The minimum atomic E-state index is -0.589. The summed E-state index contributed by atoms with van der Waals surface area (Å²) in [5.74, 6) is 0.897. The quantitative estimate of drug-likeness (QED) is 0.596. The van der Waals surface area contributed by atoms with E-state index in [-0.39, 0.29) is 5.56 Å². The topological polar surface area (TPSA) is 120 Å². The summed E-state index contributed by atoms with van der Waals surface area (Å²) in [6, 6.07) is 7.34. The van der Waals surface area contributed by atoms with Crippen LogP contribution >= 0.6 is 11.3 Å². The van der Waals surface area contributed by atoms with E-state index >= 15 is 0 Å². The Morgan fingerprint density at radius 1 is 1.31 bits per heavy atom. The number of thiophene rings is 1. The Labute approximate surface area is 171 Å². The number of methoxy groups -OCH3 is 2. The summed E-state index contributed by atoms with van der Waals surface area (Å²) in [7, 11) is 3.07. The molecule has 2 N–H and O–H groups in total. The van der Waals surface area contributed by atoms with Gasteiger partial charge in [-0.1, -0.05) is 0 Å². The van der Waals surface area contributed by atoms with Gasteiger partial charge in [-0.05, 0) is 37.1 Å². The van der Waals surface area contributed by atoms with Crippen LogP contribution in [-0.2, 0) is 6.54 Å². The van der Waals surface area contributed by atoms with E-state index in [9.17, 15) is 9.59 Å². The maximum absolute atomic E-state index is 13.3. The van der Waals surface area contributed by atoms with Gasteiger partial charge >= 0.3 is 0 Å². The second-order valence-electron chi connectivity index (χ2n) is 6.32. The Balaban J connectivity index is 2.29. The fourth-order valence-corrected chi connectivity index (χ4v) is 4.19. The average molecular weight is 412 g/mol. The minimum absolute atomic E-state index is 0.265. The molecule has 3 aromatic rings. The Bertz CT molecular complexity index is 1190. The average Bonchev–Trinajstić information content (AvgIpc) is 3.06. The molecule has 9 heteroatoms. The number of fused-ring (bicyclic) bond motifs is 1. The van der Waals surface area contributed by atoms with E-state index in [0.29, 0.717) is 62.9 Å². The van der Waals surface area contributed by atoms with Crippen LogP contribution in [0.1, 0.15) is 28.1 Å². The number of hydrogen-bond donors (Lipinski definition) is 1. The van der Waals surface area contributed by atoms with E-state index < -0.39 is 5.91 Å². The highest BCUT2D eigenvalue weighted by atomic mass is 32.1. The van der Waals surface area contributed by atoms with Crippen molar-refractivity contribution in [1.29, 1.82) is 5.26 Å². The van der Waals surface area contributed by atoms with Gasteiger partial charge in [0.05, 0.1) is 30.6 Å². The van der Waals surface area contributed by atoms with Crippen molar-refractivity contribution in [1.82, 2.24) is 9.55 Å². The Kier molecular flexibility index (Phi) is 5.84. The summed E-state index contributed by atoms with van der Waals surface area (Å²) in [4.78, 5) is 30.5.